The largest absolute Gasteiger partial charge is 0.468 e. The van der Waals surface area contributed by atoms with Crippen molar-refractivity contribution in [1.82, 2.24) is 20.6 Å². The third kappa shape index (κ3) is 6.75. The summed E-state index contributed by atoms with van der Waals surface area (Å²) >= 11 is 1.21. The van der Waals surface area contributed by atoms with E-state index in [-0.39, 0.29) is 24.9 Å². The van der Waals surface area contributed by atoms with Gasteiger partial charge in [0.05, 0.1) is 37.0 Å². The van der Waals surface area contributed by atoms with Crippen molar-refractivity contribution < 1.29 is 19.1 Å². The molecule has 0 aliphatic carbocycles. The van der Waals surface area contributed by atoms with Gasteiger partial charge in [0.15, 0.2) is 5.82 Å². The molecule has 11 heteroatoms. The van der Waals surface area contributed by atoms with Crippen LogP contribution in [-0.4, -0.2) is 53.5 Å². The Morgan fingerprint density at radius 2 is 1.69 bits per heavy atom. The molecule has 0 aliphatic rings. The number of methoxy groups -OCH3 is 1. The first-order chi connectivity index (χ1) is 18.6. The Morgan fingerprint density at radius 1 is 0.974 bits per heavy atom. The number of rotatable bonds is 8. The molecule has 202 valence electrons. The fraction of sp³-hybridized carbons (Fsp3) is 0.250. The van der Waals surface area contributed by atoms with Gasteiger partial charge in [0.2, 0.25) is 5.91 Å². The molecule has 0 bridgehead atoms. The highest BCUT2D eigenvalue weighted by Gasteiger charge is 2.25. The summed E-state index contributed by atoms with van der Waals surface area (Å²) in [6, 6.07) is 16.7. The van der Waals surface area contributed by atoms with Crippen molar-refractivity contribution in [2.75, 3.05) is 31.2 Å². The van der Waals surface area contributed by atoms with Crippen molar-refractivity contribution in [3.63, 3.8) is 0 Å². The number of benzene rings is 2. The zero-order valence-corrected chi connectivity index (χ0v) is 22.9. The van der Waals surface area contributed by atoms with E-state index in [1.165, 1.54) is 18.4 Å². The highest BCUT2D eigenvalue weighted by molar-refractivity contribution is 7.21. The van der Waals surface area contributed by atoms with E-state index in [2.05, 4.69) is 20.7 Å². The average molecular weight is 547 g/mol. The molecule has 0 radical (unpaired) electrons. The van der Waals surface area contributed by atoms with E-state index in [0.29, 0.717) is 43.6 Å². The smallest absolute Gasteiger partial charge is 0.319 e. The monoisotopic (exact) mass is 546 g/mol. The molecule has 2 aromatic heterocycles. The van der Waals surface area contributed by atoms with E-state index in [0.717, 1.165) is 5.56 Å². The molecule has 2 heterocycles. The Hall–Kier alpha value is -4.35. The van der Waals surface area contributed by atoms with E-state index >= 15 is 0 Å². The van der Waals surface area contributed by atoms with Gasteiger partial charge in [0.1, 0.15) is 9.71 Å². The molecule has 0 saturated carbocycles. The standard InChI is InChI=1S/C28H30N6O4S/c1-28(2,3)34-26(37)24-22(29)21-23(32-25(33-27(21)39-24)16-9-6-5-7-10-16)17-11-8-12-18(13-17)31-19(35)14-30-15-20(36)38-4/h5-13,30H,14-15,29H2,1-4H3,(H,31,35)(H,34,37). The minimum atomic E-state index is -0.462. The first-order valence-corrected chi connectivity index (χ1v) is 13.0. The second-order valence-electron chi connectivity index (χ2n) is 9.80. The van der Waals surface area contributed by atoms with Crippen molar-refractivity contribution in [2.45, 2.75) is 26.3 Å². The molecule has 2 aromatic carbocycles. The number of carbonyl (C=O) groups excluding carboxylic acids is 3. The van der Waals surface area contributed by atoms with Crippen LogP contribution in [0.2, 0.25) is 0 Å². The Kier molecular flexibility index (Phi) is 8.22. The molecule has 0 atom stereocenters. The van der Waals surface area contributed by atoms with Crippen LogP contribution >= 0.6 is 11.3 Å². The maximum atomic E-state index is 13.1. The van der Waals surface area contributed by atoms with Crippen molar-refractivity contribution >= 4 is 50.7 Å². The molecular formula is C28H30N6O4S. The molecule has 39 heavy (non-hydrogen) atoms. The molecule has 0 saturated heterocycles. The Balaban J connectivity index is 1.75. The van der Waals surface area contributed by atoms with Gasteiger partial charge in [-0.05, 0) is 32.9 Å². The molecule has 0 unspecified atom stereocenters. The number of thiophene rings is 1. The SMILES string of the molecule is COC(=O)CNCC(=O)Nc1cccc(-c2nc(-c3ccccc3)nc3sc(C(=O)NC(C)(C)C)c(N)c23)c1. The van der Waals surface area contributed by atoms with E-state index in [9.17, 15) is 14.4 Å². The Morgan fingerprint density at radius 3 is 2.38 bits per heavy atom. The van der Waals surface area contributed by atoms with E-state index < -0.39 is 11.5 Å². The van der Waals surface area contributed by atoms with Gasteiger partial charge in [-0.25, -0.2) is 9.97 Å². The minimum Gasteiger partial charge on any atom is -0.468 e. The number of aromatic nitrogens is 2. The zero-order valence-electron chi connectivity index (χ0n) is 22.1. The molecule has 4 aromatic rings. The number of nitrogens with one attached hydrogen (secondary N) is 3. The van der Waals surface area contributed by atoms with Crippen molar-refractivity contribution in [1.29, 1.82) is 0 Å². The second kappa shape index (κ2) is 11.6. The van der Waals surface area contributed by atoms with Crippen molar-refractivity contribution in [2.24, 2.45) is 0 Å². The number of carbonyl (C=O) groups is 3. The lowest BCUT2D eigenvalue weighted by molar-refractivity contribution is -0.139. The summed E-state index contributed by atoms with van der Waals surface area (Å²) in [5.74, 6) is -0.583. The number of hydrogen-bond acceptors (Lipinski definition) is 9. The first-order valence-electron chi connectivity index (χ1n) is 12.2. The lowest BCUT2D eigenvalue weighted by atomic mass is 10.1. The summed E-state index contributed by atoms with van der Waals surface area (Å²) in [6.07, 6.45) is 0. The van der Waals surface area contributed by atoms with Crippen molar-refractivity contribution in [3.05, 3.63) is 59.5 Å². The highest BCUT2D eigenvalue weighted by Crippen LogP contribution is 2.40. The molecule has 0 fully saturated rings. The second-order valence-corrected chi connectivity index (χ2v) is 10.8. The number of anilines is 2. The fourth-order valence-electron chi connectivity index (χ4n) is 3.81. The van der Waals surface area contributed by atoms with Crippen LogP contribution in [0.3, 0.4) is 0 Å². The molecule has 0 aliphatic heterocycles. The van der Waals surface area contributed by atoms with Gasteiger partial charge >= 0.3 is 5.97 Å². The van der Waals surface area contributed by atoms with Crippen LogP contribution in [0.1, 0.15) is 30.4 Å². The number of nitrogen functional groups attached to an aromatic ring is 1. The van der Waals surface area contributed by atoms with E-state index in [4.69, 9.17) is 15.7 Å². The zero-order chi connectivity index (χ0) is 28.2. The summed E-state index contributed by atoms with van der Waals surface area (Å²) < 4.78 is 4.56. The van der Waals surface area contributed by atoms with Crippen LogP contribution in [0, 0.1) is 0 Å². The van der Waals surface area contributed by atoms with Gasteiger partial charge in [-0.15, -0.1) is 11.3 Å². The number of esters is 1. The van der Waals surface area contributed by atoms with Crippen LogP contribution in [0.4, 0.5) is 11.4 Å². The van der Waals surface area contributed by atoms with Gasteiger partial charge in [-0.2, -0.15) is 0 Å². The molecule has 2 amide bonds. The van der Waals surface area contributed by atoms with Crippen LogP contribution in [0.15, 0.2) is 54.6 Å². The molecule has 10 nitrogen and oxygen atoms in total. The third-order valence-corrected chi connectivity index (χ3v) is 6.62. The van der Waals surface area contributed by atoms with E-state index in [1.54, 1.807) is 18.2 Å². The number of ether oxygens (including phenoxy) is 1. The number of nitrogens with zero attached hydrogens (tertiary/aromatic N) is 2. The summed E-state index contributed by atoms with van der Waals surface area (Å²) in [5, 5.41) is 9.07. The summed E-state index contributed by atoms with van der Waals surface area (Å²) in [5.41, 5.74) is 8.98. The average Bonchev–Trinajstić information content (AvgIpc) is 3.24. The lowest BCUT2D eigenvalue weighted by Gasteiger charge is -2.20. The number of nitrogens with two attached hydrogens (primary N) is 1. The van der Waals surface area contributed by atoms with Gasteiger partial charge in [-0.1, -0.05) is 42.5 Å². The lowest BCUT2D eigenvalue weighted by Crippen LogP contribution is -2.40. The van der Waals surface area contributed by atoms with Crippen LogP contribution in [0.25, 0.3) is 32.9 Å². The van der Waals surface area contributed by atoms with Gasteiger partial charge in [0.25, 0.3) is 5.91 Å². The first kappa shape index (κ1) is 27.7. The molecular weight excluding hydrogens is 516 g/mol. The topological polar surface area (TPSA) is 148 Å². The number of hydrogen-bond donors (Lipinski definition) is 4. The number of amides is 2. The molecule has 4 rings (SSSR count). The summed E-state index contributed by atoms with van der Waals surface area (Å²) in [4.78, 5) is 47.3. The quantitative estimate of drug-likeness (QED) is 0.244. The molecule has 0 spiro atoms. The summed E-state index contributed by atoms with van der Waals surface area (Å²) in [6.45, 7) is 5.56. The maximum Gasteiger partial charge on any atom is 0.319 e. The minimum absolute atomic E-state index is 0.0705. The van der Waals surface area contributed by atoms with Gasteiger partial charge in [-0.3, -0.25) is 19.7 Å². The summed E-state index contributed by atoms with van der Waals surface area (Å²) in [7, 11) is 1.28. The third-order valence-electron chi connectivity index (χ3n) is 5.52. The van der Waals surface area contributed by atoms with Gasteiger partial charge < -0.3 is 21.1 Å². The molecule has 5 N–H and O–H groups in total. The van der Waals surface area contributed by atoms with Crippen molar-refractivity contribution in [3.8, 4) is 22.6 Å². The van der Waals surface area contributed by atoms with Crippen LogP contribution in [-0.2, 0) is 14.3 Å². The van der Waals surface area contributed by atoms with E-state index in [1.807, 2.05) is 57.2 Å². The highest BCUT2D eigenvalue weighted by atomic mass is 32.1. The fourth-order valence-corrected chi connectivity index (χ4v) is 4.80. The van der Waals surface area contributed by atoms with Crippen LogP contribution in [0.5, 0.6) is 0 Å². The number of fused-ring (bicyclic) bond motifs is 1. The van der Waals surface area contributed by atoms with Gasteiger partial charge in [0, 0.05) is 22.4 Å². The predicted molar refractivity (Wildman–Crippen MR) is 153 cm³/mol. The predicted octanol–water partition coefficient (Wildman–Crippen LogP) is 3.84. The Bertz CT molecular complexity index is 1530. The maximum absolute atomic E-state index is 13.1. The normalized spacial score (nSPS) is 11.3. The Labute approximate surface area is 230 Å². The van der Waals surface area contributed by atoms with Crippen LogP contribution < -0.4 is 21.7 Å².